The molecule has 0 aliphatic carbocycles. The van der Waals surface area contributed by atoms with Gasteiger partial charge >= 0.3 is 0 Å². The first-order valence-corrected chi connectivity index (χ1v) is 7.99. The average Bonchev–Trinajstić information content (AvgIpc) is 2.39. The van der Waals surface area contributed by atoms with Crippen molar-refractivity contribution < 1.29 is 0 Å². The highest BCUT2D eigenvalue weighted by Crippen LogP contribution is 2.26. The zero-order valence-electron chi connectivity index (χ0n) is 14.0. The lowest BCUT2D eigenvalue weighted by Crippen LogP contribution is -2.41. The van der Waals surface area contributed by atoms with Crippen molar-refractivity contribution in [1.29, 1.82) is 0 Å². The Morgan fingerprint density at radius 2 is 1.75 bits per heavy atom. The molecule has 1 N–H and O–H groups in total. The van der Waals surface area contributed by atoms with Crippen LogP contribution in [0.4, 0.5) is 5.69 Å². The molecule has 0 aliphatic rings. The third-order valence-electron chi connectivity index (χ3n) is 3.93. The SMILES string of the molecule is CCCNCC(C)(CCC)CN(C)c1ccc(C)cc1. The monoisotopic (exact) mass is 276 g/mol. The molecule has 2 nitrogen and oxygen atoms in total. The van der Waals surface area contributed by atoms with Crippen LogP contribution in [0.2, 0.25) is 0 Å². The molecular formula is C18H32N2. The fraction of sp³-hybridized carbons (Fsp3) is 0.667. The van der Waals surface area contributed by atoms with Crippen LogP contribution in [-0.2, 0) is 0 Å². The Kier molecular flexibility index (Phi) is 7.08. The summed E-state index contributed by atoms with van der Waals surface area (Å²) < 4.78 is 0. The number of hydrogen-bond acceptors (Lipinski definition) is 2. The first kappa shape index (κ1) is 17.0. The summed E-state index contributed by atoms with van der Waals surface area (Å²) in [5.41, 5.74) is 2.97. The van der Waals surface area contributed by atoms with E-state index in [1.54, 1.807) is 0 Å². The molecule has 2 heteroatoms. The predicted octanol–water partition coefficient (Wildman–Crippen LogP) is 4.24. The van der Waals surface area contributed by atoms with Gasteiger partial charge in [-0.3, -0.25) is 0 Å². The first-order valence-electron chi connectivity index (χ1n) is 7.99. The summed E-state index contributed by atoms with van der Waals surface area (Å²) >= 11 is 0. The van der Waals surface area contributed by atoms with Gasteiger partial charge in [0, 0.05) is 25.8 Å². The van der Waals surface area contributed by atoms with Crippen molar-refractivity contribution in [1.82, 2.24) is 5.32 Å². The summed E-state index contributed by atoms with van der Waals surface area (Å²) in [6.07, 6.45) is 3.71. The molecule has 1 atom stereocenters. The molecule has 0 saturated carbocycles. The Morgan fingerprint density at radius 3 is 2.30 bits per heavy atom. The molecule has 0 amide bonds. The molecule has 0 saturated heterocycles. The zero-order chi connectivity index (χ0) is 15.0. The second-order valence-electron chi connectivity index (χ2n) is 6.43. The molecule has 1 unspecified atom stereocenters. The minimum atomic E-state index is 0.337. The van der Waals surface area contributed by atoms with E-state index >= 15 is 0 Å². The van der Waals surface area contributed by atoms with Crippen LogP contribution in [0.1, 0.15) is 45.6 Å². The third kappa shape index (κ3) is 5.54. The van der Waals surface area contributed by atoms with E-state index in [1.165, 1.54) is 30.5 Å². The molecule has 0 fully saturated rings. The van der Waals surface area contributed by atoms with Gasteiger partial charge in [0.05, 0.1) is 0 Å². The molecule has 0 heterocycles. The van der Waals surface area contributed by atoms with Gasteiger partial charge in [-0.05, 0) is 43.9 Å². The fourth-order valence-corrected chi connectivity index (χ4v) is 2.86. The molecule has 114 valence electrons. The van der Waals surface area contributed by atoms with E-state index in [1.807, 2.05) is 0 Å². The Hall–Kier alpha value is -1.02. The highest BCUT2D eigenvalue weighted by atomic mass is 15.1. The predicted molar refractivity (Wildman–Crippen MR) is 90.6 cm³/mol. The van der Waals surface area contributed by atoms with E-state index in [2.05, 4.69) is 69.2 Å². The van der Waals surface area contributed by atoms with Gasteiger partial charge in [0.1, 0.15) is 0 Å². The van der Waals surface area contributed by atoms with Gasteiger partial charge in [0.2, 0.25) is 0 Å². The lowest BCUT2D eigenvalue weighted by atomic mass is 9.84. The van der Waals surface area contributed by atoms with Gasteiger partial charge in [0.15, 0.2) is 0 Å². The minimum Gasteiger partial charge on any atom is -0.374 e. The lowest BCUT2D eigenvalue weighted by Gasteiger charge is -2.35. The maximum Gasteiger partial charge on any atom is 0.0363 e. The van der Waals surface area contributed by atoms with Crippen LogP contribution in [0.15, 0.2) is 24.3 Å². The second-order valence-corrected chi connectivity index (χ2v) is 6.43. The average molecular weight is 276 g/mol. The van der Waals surface area contributed by atoms with Gasteiger partial charge < -0.3 is 10.2 Å². The molecular weight excluding hydrogens is 244 g/mol. The van der Waals surface area contributed by atoms with Crippen LogP contribution in [-0.4, -0.2) is 26.7 Å². The van der Waals surface area contributed by atoms with E-state index in [0.717, 1.165) is 19.6 Å². The Bertz CT molecular complexity index is 372. The summed E-state index contributed by atoms with van der Waals surface area (Å²) in [4.78, 5) is 2.39. The number of hydrogen-bond donors (Lipinski definition) is 1. The fourth-order valence-electron chi connectivity index (χ4n) is 2.86. The topological polar surface area (TPSA) is 15.3 Å². The van der Waals surface area contributed by atoms with Crippen molar-refractivity contribution >= 4 is 5.69 Å². The van der Waals surface area contributed by atoms with E-state index < -0.39 is 0 Å². The summed E-state index contributed by atoms with van der Waals surface area (Å²) in [6.45, 7) is 12.4. The van der Waals surface area contributed by atoms with Gasteiger partial charge in [-0.15, -0.1) is 0 Å². The van der Waals surface area contributed by atoms with Crippen LogP contribution in [0.3, 0.4) is 0 Å². The van der Waals surface area contributed by atoms with Crippen LogP contribution >= 0.6 is 0 Å². The van der Waals surface area contributed by atoms with Crippen LogP contribution in [0.5, 0.6) is 0 Å². The van der Waals surface area contributed by atoms with E-state index in [4.69, 9.17) is 0 Å². The van der Waals surface area contributed by atoms with Crippen molar-refractivity contribution in [3.63, 3.8) is 0 Å². The molecule has 0 radical (unpaired) electrons. The summed E-state index contributed by atoms with van der Waals surface area (Å²) in [6, 6.07) is 8.83. The Morgan fingerprint density at radius 1 is 1.10 bits per heavy atom. The number of anilines is 1. The number of aryl methyl sites for hydroxylation is 1. The maximum atomic E-state index is 3.60. The highest BCUT2D eigenvalue weighted by molar-refractivity contribution is 5.46. The molecule has 0 aliphatic heterocycles. The number of rotatable bonds is 9. The van der Waals surface area contributed by atoms with Crippen molar-refractivity contribution in [2.45, 2.75) is 47.0 Å². The van der Waals surface area contributed by atoms with Gasteiger partial charge in [-0.2, -0.15) is 0 Å². The summed E-state index contributed by atoms with van der Waals surface area (Å²) in [5.74, 6) is 0. The van der Waals surface area contributed by atoms with Crippen molar-refractivity contribution in [2.24, 2.45) is 5.41 Å². The quantitative estimate of drug-likeness (QED) is 0.679. The number of nitrogens with zero attached hydrogens (tertiary/aromatic N) is 1. The molecule has 20 heavy (non-hydrogen) atoms. The van der Waals surface area contributed by atoms with E-state index in [0.29, 0.717) is 5.41 Å². The normalized spacial score (nSPS) is 14.1. The molecule has 1 rings (SSSR count). The lowest BCUT2D eigenvalue weighted by molar-refractivity contribution is 0.284. The van der Waals surface area contributed by atoms with Crippen molar-refractivity contribution in [3.8, 4) is 0 Å². The van der Waals surface area contributed by atoms with Crippen LogP contribution < -0.4 is 10.2 Å². The smallest absolute Gasteiger partial charge is 0.0363 e. The van der Waals surface area contributed by atoms with Crippen molar-refractivity contribution in [2.75, 3.05) is 31.6 Å². The summed E-state index contributed by atoms with van der Waals surface area (Å²) in [5, 5.41) is 3.60. The van der Waals surface area contributed by atoms with Gasteiger partial charge in [0.25, 0.3) is 0 Å². The number of benzene rings is 1. The second kappa shape index (κ2) is 8.31. The summed E-state index contributed by atoms with van der Waals surface area (Å²) in [7, 11) is 2.21. The van der Waals surface area contributed by atoms with Crippen LogP contribution in [0, 0.1) is 12.3 Å². The van der Waals surface area contributed by atoms with E-state index in [-0.39, 0.29) is 0 Å². The maximum absolute atomic E-state index is 3.60. The molecule has 1 aromatic carbocycles. The molecule has 1 aromatic rings. The number of nitrogens with one attached hydrogen (secondary N) is 1. The standard InChI is InChI=1S/C18H32N2/c1-6-12-18(4,14-19-13-7-2)15-20(5)17-10-8-16(3)9-11-17/h8-11,19H,6-7,12-15H2,1-5H3. The largest absolute Gasteiger partial charge is 0.374 e. The highest BCUT2D eigenvalue weighted by Gasteiger charge is 2.24. The molecule has 0 bridgehead atoms. The third-order valence-corrected chi connectivity index (χ3v) is 3.93. The Balaban J connectivity index is 2.65. The van der Waals surface area contributed by atoms with Crippen molar-refractivity contribution in [3.05, 3.63) is 29.8 Å². The molecule has 0 aromatic heterocycles. The minimum absolute atomic E-state index is 0.337. The van der Waals surface area contributed by atoms with Gasteiger partial charge in [-0.25, -0.2) is 0 Å². The zero-order valence-corrected chi connectivity index (χ0v) is 14.0. The van der Waals surface area contributed by atoms with E-state index in [9.17, 15) is 0 Å². The first-order chi connectivity index (χ1) is 9.50. The Labute approximate surface area is 125 Å². The molecule has 0 spiro atoms. The van der Waals surface area contributed by atoms with Gasteiger partial charge in [-0.1, -0.05) is 44.9 Å². The van der Waals surface area contributed by atoms with Crippen LogP contribution in [0.25, 0.3) is 0 Å².